The van der Waals surface area contributed by atoms with E-state index in [2.05, 4.69) is 4.98 Å². The monoisotopic (exact) mass is 224 g/mol. The largest absolute Gasteiger partial charge is 0.495 e. The molecule has 1 aliphatic heterocycles. The highest BCUT2D eigenvalue weighted by Crippen LogP contribution is 2.36. The zero-order valence-electron chi connectivity index (χ0n) is 8.85. The highest BCUT2D eigenvalue weighted by Gasteiger charge is 2.26. The van der Waals surface area contributed by atoms with Crippen molar-refractivity contribution in [3.8, 4) is 5.75 Å². The van der Waals surface area contributed by atoms with E-state index in [-0.39, 0.29) is 6.04 Å². The molecule has 0 aromatic carbocycles. The average molecular weight is 224 g/mol. The topological polar surface area (TPSA) is 48.1 Å². The molecule has 0 aliphatic carbocycles. The number of nitrogens with two attached hydrogens (primary N) is 1. The van der Waals surface area contributed by atoms with Crippen LogP contribution in [0.1, 0.15) is 24.6 Å². The van der Waals surface area contributed by atoms with E-state index in [0.29, 0.717) is 5.25 Å². The lowest BCUT2D eigenvalue weighted by Gasteiger charge is -2.19. The van der Waals surface area contributed by atoms with Gasteiger partial charge in [-0.25, -0.2) is 0 Å². The predicted octanol–water partition coefficient (Wildman–Crippen LogP) is 1.99. The normalized spacial score (nSPS) is 22.7. The molecule has 0 spiro atoms. The molecule has 0 saturated carbocycles. The van der Waals surface area contributed by atoms with E-state index in [9.17, 15) is 0 Å². The zero-order valence-corrected chi connectivity index (χ0v) is 9.67. The number of thioether (sulfide) groups is 1. The van der Waals surface area contributed by atoms with Gasteiger partial charge < -0.3 is 10.5 Å². The number of pyridine rings is 1. The fourth-order valence-corrected chi connectivity index (χ4v) is 3.19. The lowest BCUT2D eigenvalue weighted by atomic mass is 10.1. The Morgan fingerprint density at radius 2 is 2.53 bits per heavy atom. The van der Waals surface area contributed by atoms with Crippen LogP contribution >= 0.6 is 11.8 Å². The lowest BCUT2D eigenvalue weighted by molar-refractivity contribution is 0.400. The summed E-state index contributed by atoms with van der Waals surface area (Å²) in [6.07, 6.45) is 4.22. The minimum Gasteiger partial charge on any atom is -0.495 e. The first-order valence-electron chi connectivity index (χ1n) is 5.19. The number of aromatic nitrogens is 1. The predicted molar refractivity (Wildman–Crippen MR) is 63.2 cm³/mol. The molecule has 4 heteroatoms. The summed E-state index contributed by atoms with van der Waals surface area (Å²) in [4.78, 5) is 4.33. The minimum atomic E-state index is -0.00588. The third kappa shape index (κ3) is 2.26. The summed E-state index contributed by atoms with van der Waals surface area (Å²) in [7, 11) is 1.66. The fraction of sp³-hybridized carbons (Fsp3) is 0.545. The Bertz CT molecular complexity index is 326. The van der Waals surface area contributed by atoms with E-state index in [4.69, 9.17) is 10.5 Å². The first-order valence-corrected chi connectivity index (χ1v) is 6.24. The highest BCUT2D eigenvalue weighted by molar-refractivity contribution is 8.00. The van der Waals surface area contributed by atoms with Crippen molar-refractivity contribution in [1.82, 2.24) is 4.98 Å². The van der Waals surface area contributed by atoms with Crippen LogP contribution in [-0.2, 0) is 0 Å². The second-order valence-corrected chi connectivity index (χ2v) is 5.02. The molecule has 2 unspecified atom stereocenters. The quantitative estimate of drug-likeness (QED) is 0.853. The maximum atomic E-state index is 6.21. The van der Waals surface area contributed by atoms with Crippen LogP contribution in [0.25, 0.3) is 0 Å². The number of ether oxygens (including phenoxy) is 1. The Balaban J connectivity index is 2.19. The summed E-state index contributed by atoms with van der Waals surface area (Å²) in [5.74, 6) is 2.02. The van der Waals surface area contributed by atoms with E-state index in [0.717, 1.165) is 11.4 Å². The molecule has 3 nitrogen and oxygen atoms in total. The van der Waals surface area contributed by atoms with E-state index in [1.54, 1.807) is 13.3 Å². The van der Waals surface area contributed by atoms with Crippen LogP contribution in [0.15, 0.2) is 18.3 Å². The van der Waals surface area contributed by atoms with Gasteiger partial charge in [-0.05, 0) is 30.7 Å². The summed E-state index contributed by atoms with van der Waals surface area (Å²) in [6, 6.07) is 3.78. The van der Waals surface area contributed by atoms with Crippen LogP contribution in [0.5, 0.6) is 5.75 Å². The van der Waals surface area contributed by atoms with Gasteiger partial charge in [0.05, 0.1) is 13.2 Å². The third-order valence-corrected chi connectivity index (χ3v) is 4.18. The Morgan fingerprint density at radius 3 is 3.20 bits per heavy atom. The molecule has 2 N–H and O–H groups in total. The molecule has 15 heavy (non-hydrogen) atoms. The average Bonchev–Trinajstić information content (AvgIpc) is 2.81. The van der Waals surface area contributed by atoms with Crippen LogP contribution in [0.3, 0.4) is 0 Å². The van der Waals surface area contributed by atoms with Crippen LogP contribution in [-0.4, -0.2) is 23.1 Å². The van der Waals surface area contributed by atoms with Crippen molar-refractivity contribution in [3.63, 3.8) is 0 Å². The second kappa shape index (κ2) is 4.86. The molecule has 0 radical (unpaired) electrons. The Kier molecular flexibility index (Phi) is 3.49. The van der Waals surface area contributed by atoms with Gasteiger partial charge in [0.1, 0.15) is 11.4 Å². The van der Waals surface area contributed by atoms with E-state index < -0.39 is 0 Å². The molecule has 1 aromatic rings. The van der Waals surface area contributed by atoms with Gasteiger partial charge in [-0.2, -0.15) is 11.8 Å². The maximum absolute atomic E-state index is 6.21. The molecule has 0 bridgehead atoms. The van der Waals surface area contributed by atoms with E-state index in [1.165, 1.54) is 18.6 Å². The number of nitrogens with zero attached hydrogens (tertiary/aromatic N) is 1. The molecule has 1 fully saturated rings. The molecule has 0 amide bonds. The van der Waals surface area contributed by atoms with Gasteiger partial charge in [-0.15, -0.1) is 0 Å². The molecule has 2 atom stereocenters. The van der Waals surface area contributed by atoms with Crippen LogP contribution in [0.4, 0.5) is 0 Å². The summed E-state index contributed by atoms with van der Waals surface area (Å²) < 4.78 is 5.27. The Morgan fingerprint density at radius 1 is 1.67 bits per heavy atom. The van der Waals surface area contributed by atoms with E-state index >= 15 is 0 Å². The van der Waals surface area contributed by atoms with Crippen molar-refractivity contribution in [2.45, 2.75) is 24.1 Å². The van der Waals surface area contributed by atoms with Crippen molar-refractivity contribution in [3.05, 3.63) is 24.0 Å². The van der Waals surface area contributed by atoms with Crippen molar-refractivity contribution >= 4 is 11.8 Å². The van der Waals surface area contributed by atoms with Gasteiger partial charge in [0, 0.05) is 11.4 Å². The summed E-state index contributed by atoms with van der Waals surface area (Å²) in [5.41, 5.74) is 7.10. The van der Waals surface area contributed by atoms with Gasteiger partial charge in [0.2, 0.25) is 0 Å². The fourth-order valence-electron chi connectivity index (χ4n) is 1.89. The molecular weight excluding hydrogens is 208 g/mol. The van der Waals surface area contributed by atoms with Gasteiger partial charge in [0.25, 0.3) is 0 Å². The maximum Gasteiger partial charge on any atom is 0.142 e. The molecule has 1 saturated heterocycles. The summed E-state index contributed by atoms with van der Waals surface area (Å²) in [5, 5.41) is 0.494. The second-order valence-electron chi connectivity index (χ2n) is 3.67. The molecule has 2 heterocycles. The number of hydrogen-bond acceptors (Lipinski definition) is 4. The molecule has 1 aromatic heterocycles. The number of hydrogen-bond donors (Lipinski definition) is 1. The van der Waals surface area contributed by atoms with Gasteiger partial charge in [-0.1, -0.05) is 0 Å². The SMILES string of the molecule is COc1cccnc1C(N)C1CCCS1. The van der Waals surface area contributed by atoms with Gasteiger partial charge >= 0.3 is 0 Å². The number of rotatable bonds is 3. The highest BCUT2D eigenvalue weighted by atomic mass is 32.2. The first kappa shape index (κ1) is 10.8. The smallest absolute Gasteiger partial charge is 0.142 e. The molecule has 2 rings (SSSR count). The molecule has 1 aliphatic rings. The van der Waals surface area contributed by atoms with Gasteiger partial charge in [0.15, 0.2) is 0 Å². The Labute approximate surface area is 94.4 Å². The zero-order chi connectivity index (χ0) is 10.7. The number of methoxy groups -OCH3 is 1. The Hall–Kier alpha value is -0.740. The first-order chi connectivity index (χ1) is 7.33. The summed E-state index contributed by atoms with van der Waals surface area (Å²) in [6.45, 7) is 0. The van der Waals surface area contributed by atoms with Crippen LogP contribution in [0.2, 0.25) is 0 Å². The molecular formula is C11H16N2OS. The summed E-state index contributed by atoms with van der Waals surface area (Å²) >= 11 is 1.94. The van der Waals surface area contributed by atoms with Crippen molar-refractivity contribution in [2.24, 2.45) is 5.73 Å². The van der Waals surface area contributed by atoms with Crippen molar-refractivity contribution < 1.29 is 4.74 Å². The minimum absolute atomic E-state index is 0.00588. The van der Waals surface area contributed by atoms with E-state index in [1.807, 2.05) is 23.9 Å². The lowest BCUT2D eigenvalue weighted by Crippen LogP contribution is -2.23. The van der Waals surface area contributed by atoms with Crippen LogP contribution in [0, 0.1) is 0 Å². The standard InChI is InChI=1S/C11H16N2OS/c1-14-8-4-2-6-13-11(8)10(12)9-5-3-7-15-9/h2,4,6,9-10H,3,5,7,12H2,1H3. The van der Waals surface area contributed by atoms with Crippen LogP contribution < -0.4 is 10.5 Å². The molecule has 82 valence electrons. The van der Waals surface area contributed by atoms with Crippen molar-refractivity contribution in [2.75, 3.05) is 12.9 Å². The van der Waals surface area contributed by atoms with Crippen molar-refractivity contribution in [1.29, 1.82) is 0 Å². The third-order valence-electron chi connectivity index (χ3n) is 2.70. The van der Waals surface area contributed by atoms with Gasteiger partial charge in [-0.3, -0.25) is 4.98 Å².